The summed E-state index contributed by atoms with van der Waals surface area (Å²) in [4.78, 5) is 18.1. The lowest BCUT2D eigenvalue weighted by molar-refractivity contribution is -0.148. The molecule has 0 bridgehead atoms. The Bertz CT molecular complexity index is 444. The third kappa shape index (κ3) is 2.01. The number of piperidine rings is 1. The van der Waals surface area contributed by atoms with Gasteiger partial charge in [-0.05, 0) is 51.9 Å². The summed E-state index contributed by atoms with van der Waals surface area (Å²) in [6.07, 6.45) is 4.61. The van der Waals surface area contributed by atoms with E-state index in [4.69, 9.17) is 0 Å². The van der Waals surface area contributed by atoms with Crippen LogP contribution in [0.15, 0.2) is 24.5 Å². The maximum Gasteiger partial charge on any atom is 0.314 e. The number of likely N-dealkylation sites (tertiary alicyclic amines) is 1. The van der Waals surface area contributed by atoms with E-state index in [1.54, 1.807) is 12.4 Å². The van der Waals surface area contributed by atoms with Gasteiger partial charge < -0.3 is 10.0 Å². The van der Waals surface area contributed by atoms with Crippen molar-refractivity contribution in [2.24, 2.45) is 0 Å². The Hall–Kier alpha value is -1.42. The Morgan fingerprint density at radius 1 is 1.50 bits per heavy atom. The molecule has 1 atom stereocenters. The van der Waals surface area contributed by atoms with Crippen LogP contribution in [0.2, 0.25) is 0 Å². The van der Waals surface area contributed by atoms with Crippen LogP contribution < -0.4 is 0 Å². The summed E-state index contributed by atoms with van der Waals surface area (Å²) in [5.74, 6) is -0.739. The predicted molar refractivity (Wildman–Crippen MR) is 69.5 cm³/mol. The molecule has 1 fully saturated rings. The van der Waals surface area contributed by atoms with E-state index in [2.05, 4.69) is 30.8 Å². The third-order valence-corrected chi connectivity index (χ3v) is 4.27. The van der Waals surface area contributed by atoms with Gasteiger partial charge in [-0.3, -0.25) is 9.78 Å². The molecule has 1 saturated heterocycles. The minimum absolute atomic E-state index is 0.119. The largest absolute Gasteiger partial charge is 0.481 e. The molecule has 1 aromatic heterocycles. The topological polar surface area (TPSA) is 53.4 Å². The number of pyridine rings is 1. The van der Waals surface area contributed by atoms with Crippen LogP contribution in [0.3, 0.4) is 0 Å². The summed E-state index contributed by atoms with van der Waals surface area (Å²) in [6.45, 7) is 4.98. The third-order valence-electron chi connectivity index (χ3n) is 4.27. The second-order valence-corrected chi connectivity index (χ2v) is 5.79. The SMILES string of the molecule is CN1CCC(C(=O)O)(c2cccnc2)CC1(C)C. The van der Waals surface area contributed by atoms with E-state index in [0.29, 0.717) is 12.8 Å². The van der Waals surface area contributed by atoms with Gasteiger partial charge in [0, 0.05) is 17.9 Å². The molecule has 98 valence electrons. The Morgan fingerprint density at radius 2 is 2.22 bits per heavy atom. The van der Waals surface area contributed by atoms with Gasteiger partial charge in [0.1, 0.15) is 0 Å². The first-order valence-electron chi connectivity index (χ1n) is 6.24. The van der Waals surface area contributed by atoms with Crippen LogP contribution in [-0.4, -0.2) is 40.1 Å². The highest BCUT2D eigenvalue weighted by atomic mass is 16.4. The number of carbonyl (C=O) groups is 1. The highest BCUT2D eigenvalue weighted by Gasteiger charge is 2.49. The van der Waals surface area contributed by atoms with Crippen molar-refractivity contribution in [3.8, 4) is 0 Å². The normalized spacial score (nSPS) is 27.9. The van der Waals surface area contributed by atoms with Crippen LogP contribution in [0, 0.1) is 0 Å². The number of carboxylic acid groups (broad SMARTS) is 1. The molecule has 1 N–H and O–H groups in total. The molecule has 1 aliphatic heterocycles. The smallest absolute Gasteiger partial charge is 0.314 e. The number of rotatable bonds is 2. The van der Waals surface area contributed by atoms with E-state index in [9.17, 15) is 9.90 Å². The van der Waals surface area contributed by atoms with Crippen molar-refractivity contribution in [3.63, 3.8) is 0 Å². The first-order chi connectivity index (χ1) is 8.38. The molecule has 0 amide bonds. The van der Waals surface area contributed by atoms with Crippen LogP contribution in [0.1, 0.15) is 32.3 Å². The van der Waals surface area contributed by atoms with Crippen molar-refractivity contribution in [1.29, 1.82) is 0 Å². The monoisotopic (exact) mass is 248 g/mol. The van der Waals surface area contributed by atoms with Gasteiger partial charge in [-0.15, -0.1) is 0 Å². The number of aliphatic carboxylic acids is 1. The van der Waals surface area contributed by atoms with Crippen LogP contribution >= 0.6 is 0 Å². The average molecular weight is 248 g/mol. The molecule has 0 aromatic carbocycles. The maximum absolute atomic E-state index is 11.8. The molecule has 4 nitrogen and oxygen atoms in total. The van der Waals surface area contributed by atoms with Gasteiger partial charge in [0.15, 0.2) is 0 Å². The second kappa shape index (κ2) is 4.35. The van der Waals surface area contributed by atoms with Gasteiger partial charge in [0.25, 0.3) is 0 Å². The van der Waals surface area contributed by atoms with Crippen molar-refractivity contribution >= 4 is 5.97 Å². The molecule has 0 radical (unpaired) electrons. The van der Waals surface area contributed by atoms with Crippen molar-refractivity contribution in [3.05, 3.63) is 30.1 Å². The van der Waals surface area contributed by atoms with Gasteiger partial charge >= 0.3 is 5.97 Å². The summed E-state index contributed by atoms with van der Waals surface area (Å²) in [6, 6.07) is 3.69. The highest BCUT2D eigenvalue weighted by molar-refractivity contribution is 5.81. The Labute approximate surface area is 108 Å². The molecule has 2 heterocycles. The van der Waals surface area contributed by atoms with Crippen molar-refractivity contribution < 1.29 is 9.90 Å². The van der Waals surface area contributed by atoms with Gasteiger partial charge in [0.05, 0.1) is 5.41 Å². The van der Waals surface area contributed by atoms with Crippen molar-refractivity contribution in [2.75, 3.05) is 13.6 Å². The van der Waals surface area contributed by atoms with E-state index in [1.807, 2.05) is 12.1 Å². The summed E-state index contributed by atoms with van der Waals surface area (Å²) in [7, 11) is 2.05. The minimum atomic E-state index is -0.801. The summed E-state index contributed by atoms with van der Waals surface area (Å²) >= 11 is 0. The lowest BCUT2D eigenvalue weighted by atomic mass is 9.67. The number of hydrogen-bond donors (Lipinski definition) is 1. The molecular formula is C14H20N2O2. The molecule has 0 aliphatic carbocycles. The molecule has 1 aliphatic rings. The second-order valence-electron chi connectivity index (χ2n) is 5.79. The van der Waals surface area contributed by atoms with Gasteiger partial charge in [-0.25, -0.2) is 0 Å². The molecule has 1 aromatic rings. The fourth-order valence-corrected chi connectivity index (χ4v) is 2.82. The molecule has 1 unspecified atom stereocenters. The minimum Gasteiger partial charge on any atom is -0.481 e. The Kier molecular flexibility index (Phi) is 3.15. The zero-order valence-electron chi connectivity index (χ0n) is 11.2. The van der Waals surface area contributed by atoms with Crippen LogP contribution in [0.25, 0.3) is 0 Å². The zero-order chi connectivity index (χ0) is 13.4. The molecule has 0 saturated carbocycles. The fourth-order valence-electron chi connectivity index (χ4n) is 2.82. The first-order valence-corrected chi connectivity index (χ1v) is 6.24. The van der Waals surface area contributed by atoms with Crippen molar-refractivity contribution in [1.82, 2.24) is 9.88 Å². The summed E-state index contributed by atoms with van der Waals surface area (Å²) in [5, 5.41) is 9.71. The zero-order valence-corrected chi connectivity index (χ0v) is 11.2. The van der Waals surface area contributed by atoms with E-state index in [1.165, 1.54) is 0 Å². The van der Waals surface area contributed by atoms with Crippen LogP contribution in [0.4, 0.5) is 0 Å². The van der Waals surface area contributed by atoms with E-state index >= 15 is 0 Å². The lowest BCUT2D eigenvalue weighted by Gasteiger charge is -2.48. The number of aromatic nitrogens is 1. The average Bonchev–Trinajstić information content (AvgIpc) is 2.33. The lowest BCUT2D eigenvalue weighted by Crippen LogP contribution is -2.56. The molecule has 18 heavy (non-hydrogen) atoms. The predicted octanol–water partition coefficient (Wildman–Crippen LogP) is 1.91. The Morgan fingerprint density at radius 3 is 2.72 bits per heavy atom. The fraction of sp³-hybridized carbons (Fsp3) is 0.571. The van der Waals surface area contributed by atoms with Crippen molar-refractivity contribution in [2.45, 2.75) is 37.6 Å². The number of carboxylic acids is 1. The number of nitrogens with zero attached hydrogens (tertiary/aromatic N) is 2. The molecule has 4 heteroatoms. The summed E-state index contributed by atoms with van der Waals surface area (Å²) < 4.78 is 0. The maximum atomic E-state index is 11.8. The van der Waals surface area contributed by atoms with Gasteiger partial charge in [-0.1, -0.05) is 6.07 Å². The highest BCUT2D eigenvalue weighted by Crippen LogP contribution is 2.42. The van der Waals surface area contributed by atoms with Gasteiger partial charge in [0.2, 0.25) is 0 Å². The first kappa shape index (κ1) is 13.0. The molecule has 0 spiro atoms. The molecular weight excluding hydrogens is 228 g/mol. The van der Waals surface area contributed by atoms with Gasteiger partial charge in [-0.2, -0.15) is 0 Å². The Balaban J connectivity index is 2.44. The van der Waals surface area contributed by atoms with E-state index in [0.717, 1.165) is 12.1 Å². The van der Waals surface area contributed by atoms with E-state index in [-0.39, 0.29) is 5.54 Å². The van der Waals surface area contributed by atoms with E-state index < -0.39 is 11.4 Å². The quantitative estimate of drug-likeness (QED) is 0.868. The molecule has 2 rings (SSSR count). The number of hydrogen-bond acceptors (Lipinski definition) is 3. The standard InChI is InChI=1S/C14H20N2O2/c1-13(2)10-14(12(17)18,6-8-16(13)3)11-5-4-7-15-9-11/h4-5,7,9H,6,8,10H2,1-3H3,(H,17,18). The summed E-state index contributed by atoms with van der Waals surface area (Å²) in [5.41, 5.74) is -0.102. The van der Waals surface area contributed by atoms with Crippen LogP contribution in [-0.2, 0) is 10.2 Å². The van der Waals surface area contributed by atoms with Crippen LogP contribution in [0.5, 0.6) is 0 Å².